The Morgan fingerprint density at radius 1 is 1.47 bits per heavy atom. The zero-order chi connectivity index (χ0) is 13.9. The van der Waals surface area contributed by atoms with Gasteiger partial charge in [0.2, 0.25) is 0 Å². The second kappa shape index (κ2) is 6.19. The molecule has 2 aliphatic heterocycles. The van der Waals surface area contributed by atoms with Gasteiger partial charge in [-0.25, -0.2) is 8.42 Å². The summed E-state index contributed by atoms with van der Waals surface area (Å²) < 4.78 is 28.6. The van der Waals surface area contributed by atoms with Crippen LogP contribution in [0.4, 0.5) is 0 Å². The first-order valence-corrected chi connectivity index (χ1v) is 8.69. The average molecular weight is 290 g/mol. The molecule has 0 bridgehead atoms. The third kappa shape index (κ3) is 3.67. The maximum absolute atomic E-state index is 12.0. The van der Waals surface area contributed by atoms with Gasteiger partial charge in [-0.05, 0) is 19.8 Å². The van der Waals surface area contributed by atoms with Crippen LogP contribution < -0.4 is 5.32 Å². The maximum Gasteiger partial charge on any atom is 0.324 e. The van der Waals surface area contributed by atoms with Crippen molar-refractivity contribution < 1.29 is 17.9 Å². The molecule has 0 radical (unpaired) electrons. The fourth-order valence-electron chi connectivity index (χ4n) is 2.87. The molecule has 0 spiro atoms. The van der Waals surface area contributed by atoms with Crippen LogP contribution in [-0.2, 0) is 19.4 Å². The van der Waals surface area contributed by atoms with Crippen LogP contribution in [0.15, 0.2) is 0 Å². The lowest BCUT2D eigenvalue weighted by Crippen LogP contribution is -2.60. The molecule has 110 valence electrons. The van der Waals surface area contributed by atoms with Crippen molar-refractivity contribution >= 4 is 15.8 Å². The molecule has 0 aromatic heterocycles. The highest BCUT2D eigenvalue weighted by Gasteiger charge is 2.37. The van der Waals surface area contributed by atoms with Gasteiger partial charge in [0.05, 0.1) is 18.1 Å². The number of carbonyl (C=O) groups excluding carboxylic acids is 1. The highest BCUT2D eigenvalue weighted by atomic mass is 32.2. The highest BCUT2D eigenvalue weighted by molar-refractivity contribution is 7.91. The van der Waals surface area contributed by atoms with Gasteiger partial charge in [0.1, 0.15) is 6.04 Å². The molecule has 0 amide bonds. The Morgan fingerprint density at radius 2 is 2.26 bits per heavy atom. The molecule has 0 aromatic carbocycles. The number of nitrogens with one attached hydrogen (secondary N) is 1. The molecule has 2 aliphatic rings. The van der Waals surface area contributed by atoms with Crippen LogP contribution in [0.5, 0.6) is 0 Å². The number of hydrogen-bond donors (Lipinski definition) is 1. The largest absolute Gasteiger partial charge is 0.465 e. The van der Waals surface area contributed by atoms with Crippen molar-refractivity contribution in [1.29, 1.82) is 0 Å². The van der Waals surface area contributed by atoms with Crippen LogP contribution >= 0.6 is 0 Å². The van der Waals surface area contributed by atoms with Crippen molar-refractivity contribution in [3.63, 3.8) is 0 Å². The predicted molar refractivity (Wildman–Crippen MR) is 71.7 cm³/mol. The Labute approximate surface area is 114 Å². The predicted octanol–water partition coefficient (Wildman–Crippen LogP) is -0.599. The van der Waals surface area contributed by atoms with Gasteiger partial charge in [0.15, 0.2) is 9.84 Å². The zero-order valence-electron chi connectivity index (χ0n) is 11.3. The zero-order valence-corrected chi connectivity index (χ0v) is 12.1. The van der Waals surface area contributed by atoms with E-state index < -0.39 is 9.84 Å². The van der Waals surface area contributed by atoms with E-state index >= 15 is 0 Å². The monoisotopic (exact) mass is 290 g/mol. The third-order valence-corrected chi connectivity index (χ3v) is 5.55. The number of carbonyl (C=O) groups is 1. The first-order valence-electron chi connectivity index (χ1n) is 6.87. The molecule has 0 saturated carbocycles. The van der Waals surface area contributed by atoms with Crippen molar-refractivity contribution in [2.45, 2.75) is 31.8 Å². The summed E-state index contributed by atoms with van der Waals surface area (Å²) in [5, 5.41) is 3.17. The molecule has 6 nitrogen and oxygen atoms in total. The molecule has 2 unspecified atom stereocenters. The Balaban J connectivity index is 2.08. The van der Waals surface area contributed by atoms with Crippen molar-refractivity contribution in [3.05, 3.63) is 0 Å². The molecule has 2 fully saturated rings. The third-order valence-electron chi connectivity index (χ3n) is 3.75. The average Bonchev–Trinajstić information content (AvgIpc) is 2.38. The van der Waals surface area contributed by atoms with Gasteiger partial charge in [-0.1, -0.05) is 0 Å². The molecule has 1 N–H and O–H groups in total. The van der Waals surface area contributed by atoms with E-state index in [0.29, 0.717) is 26.1 Å². The maximum atomic E-state index is 12.0. The van der Waals surface area contributed by atoms with Crippen LogP contribution in [0.1, 0.15) is 19.8 Å². The van der Waals surface area contributed by atoms with E-state index in [1.165, 1.54) is 0 Å². The summed E-state index contributed by atoms with van der Waals surface area (Å²) in [6.45, 7) is 4.15. The van der Waals surface area contributed by atoms with Crippen LogP contribution in [0.3, 0.4) is 0 Å². The Bertz CT molecular complexity index is 423. The minimum Gasteiger partial charge on any atom is -0.465 e. The van der Waals surface area contributed by atoms with Crippen LogP contribution in [-0.4, -0.2) is 69.1 Å². The Morgan fingerprint density at radius 3 is 2.95 bits per heavy atom. The molecule has 2 atom stereocenters. The van der Waals surface area contributed by atoms with E-state index in [0.717, 1.165) is 13.0 Å². The SMILES string of the molecule is CCOC(=O)C1CNCCN1C1CCCS(=O)(=O)C1. The van der Waals surface area contributed by atoms with E-state index in [2.05, 4.69) is 5.32 Å². The van der Waals surface area contributed by atoms with Gasteiger partial charge in [-0.3, -0.25) is 9.69 Å². The topological polar surface area (TPSA) is 75.7 Å². The molecule has 0 aliphatic carbocycles. The molecule has 19 heavy (non-hydrogen) atoms. The lowest BCUT2D eigenvalue weighted by Gasteiger charge is -2.41. The summed E-state index contributed by atoms with van der Waals surface area (Å²) in [5.74, 6) is 0.195. The summed E-state index contributed by atoms with van der Waals surface area (Å²) in [4.78, 5) is 14.0. The number of piperazine rings is 1. The molecule has 0 aromatic rings. The summed E-state index contributed by atoms with van der Waals surface area (Å²) >= 11 is 0. The summed E-state index contributed by atoms with van der Waals surface area (Å²) in [6, 6.07) is -0.401. The number of nitrogens with zero attached hydrogens (tertiary/aromatic N) is 1. The van der Waals surface area contributed by atoms with Crippen LogP contribution in [0, 0.1) is 0 Å². The molecular formula is C12H22N2O4S. The van der Waals surface area contributed by atoms with Crippen molar-refractivity contribution in [3.8, 4) is 0 Å². The fraction of sp³-hybridized carbons (Fsp3) is 0.917. The number of hydrogen-bond acceptors (Lipinski definition) is 6. The standard InChI is InChI=1S/C12H22N2O4S/c1-2-18-12(15)11-8-13-5-6-14(11)10-4-3-7-19(16,17)9-10/h10-11,13H,2-9H2,1H3. The normalized spacial score (nSPS) is 31.8. The summed E-state index contributed by atoms with van der Waals surface area (Å²) in [5.41, 5.74) is 0. The molecule has 2 rings (SSSR count). The second-order valence-corrected chi connectivity index (χ2v) is 7.35. The first-order chi connectivity index (χ1) is 9.03. The van der Waals surface area contributed by atoms with E-state index in [1.54, 1.807) is 6.92 Å². The van der Waals surface area contributed by atoms with Crippen molar-refractivity contribution in [1.82, 2.24) is 10.2 Å². The number of rotatable bonds is 3. The number of esters is 1. The molecule has 2 saturated heterocycles. The van der Waals surface area contributed by atoms with Gasteiger partial charge < -0.3 is 10.1 Å². The lowest BCUT2D eigenvalue weighted by atomic mass is 10.1. The van der Waals surface area contributed by atoms with Crippen LogP contribution in [0.25, 0.3) is 0 Å². The molecule has 2 heterocycles. The summed E-state index contributed by atoms with van der Waals surface area (Å²) in [6.07, 6.45) is 1.53. The van der Waals surface area contributed by atoms with Crippen molar-refractivity contribution in [2.75, 3.05) is 37.7 Å². The molecular weight excluding hydrogens is 268 g/mol. The van der Waals surface area contributed by atoms with E-state index in [1.807, 2.05) is 4.90 Å². The van der Waals surface area contributed by atoms with Gasteiger partial charge in [0.25, 0.3) is 0 Å². The van der Waals surface area contributed by atoms with E-state index in [4.69, 9.17) is 4.74 Å². The Kier molecular flexibility index (Phi) is 4.81. The minimum absolute atomic E-state index is 0.0461. The number of ether oxygens (including phenoxy) is 1. The minimum atomic E-state index is -2.96. The van der Waals surface area contributed by atoms with E-state index in [9.17, 15) is 13.2 Å². The van der Waals surface area contributed by atoms with Gasteiger partial charge in [0, 0.05) is 25.7 Å². The highest BCUT2D eigenvalue weighted by Crippen LogP contribution is 2.21. The van der Waals surface area contributed by atoms with Crippen molar-refractivity contribution in [2.24, 2.45) is 0 Å². The van der Waals surface area contributed by atoms with Gasteiger partial charge >= 0.3 is 5.97 Å². The first kappa shape index (κ1) is 14.7. The molecule has 7 heteroatoms. The number of sulfone groups is 1. The fourth-order valence-corrected chi connectivity index (χ4v) is 4.59. The van der Waals surface area contributed by atoms with Gasteiger partial charge in [-0.15, -0.1) is 0 Å². The lowest BCUT2D eigenvalue weighted by molar-refractivity contribution is -0.151. The quantitative estimate of drug-likeness (QED) is 0.700. The van der Waals surface area contributed by atoms with E-state index in [-0.39, 0.29) is 29.6 Å². The summed E-state index contributed by atoms with van der Waals surface area (Å²) in [7, 11) is -2.96. The Hall–Kier alpha value is -0.660. The van der Waals surface area contributed by atoms with Gasteiger partial charge in [-0.2, -0.15) is 0 Å². The van der Waals surface area contributed by atoms with Crippen LogP contribution in [0.2, 0.25) is 0 Å². The second-order valence-electron chi connectivity index (χ2n) is 5.12. The smallest absolute Gasteiger partial charge is 0.324 e.